The zero-order valence-corrected chi connectivity index (χ0v) is 11.3. The van der Waals surface area contributed by atoms with Crippen molar-refractivity contribution >= 4 is 12.0 Å². The molecule has 102 valence electrons. The minimum Gasteiger partial charge on any atom is -0.479 e. The number of carbonyl (C=O) groups excluding carboxylic acids is 1. The molecule has 1 aliphatic heterocycles. The molecule has 1 saturated carbocycles. The fraction of sp³-hybridized carbons (Fsp3) is 0.846. The van der Waals surface area contributed by atoms with Crippen LogP contribution in [0.4, 0.5) is 4.79 Å². The largest absolute Gasteiger partial charge is 0.479 e. The molecule has 2 amide bonds. The van der Waals surface area contributed by atoms with Gasteiger partial charge in [-0.15, -0.1) is 0 Å². The van der Waals surface area contributed by atoms with Gasteiger partial charge in [0.2, 0.25) is 0 Å². The van der Waals surface area contributed by atoms with E-state index in [2.05, 4.69) is 19.2 Å². The summed E-state index contributed by atoms with van der Waals surface area (Å²) in [6.07, 6.45) is 2.75. The van der Waals surface area contributed by atoms with Gasteiger partial charge < -0.3 is 15.3 Å². The van der Waals surface area contributed by atoms with Crippen molar-refractivity contribution in [2.24, 2.45) is 5.41 Å². The minimum atomic E-state index is -0.997. The van der Waals surface area contributed by atoms with Gasteiger partial charge >= 0.3 is 12.0 Å². The predicted molar refractivity (Wildman–Crippen MR) is 67.3 cm³/mol. The third-order valence-corrected chi connectivity index (χ3v) is 4.53. The van der Waals surface area contributed by atoms with Crippen molar-refractivity contribution in [2.75, 3.05) is 6.54 Å². The molecular weight excluding hydrogens is 232 g/mol. The van der Waals surface area contributed by atoms with Crippen LogP contribution in [0.3, 0.4) is 0 Å². The molecule has 5 nitrogen and oxygen atoms in total. The molecule has 1 saturated heterocycles. The Hall–Kier alpha value is -1.26. The van der Waals surface area contributed by atoms with Gasteiger partial charge in [-0.05, 0) is 31.1 Å². The molecule has 0 aromatic carbocycles. The number of carboxylic acid groups (broad SMARTS) is 1. The Morgan fingerprint density at radius 3 is 2.50 bits per heavy atom. The van der Waals surface area contributed by atoms with Crippen LogP contribution in [-0.4, -0.2) is 40.1 Å². The number of hydrogen-bond acceptors (Lipinski definition) is 2. The summed E-state index contributed by atoms with van der Waals surface area (Å²) < 4.78 is 0. The van der Waals surface area contributed by atoms with E-state index in [1.54, 1.807) is 0 Å². The van der Waals surface area contributed by atoms with E-state index in [1.165, 1.54) is 4.90 Å². The summed E-state index contributed by atoms with van der Waals surface area (Å²) in [5.41, 5.74) is -0.837. The first-order valence-corrected chi connectivity index (χ1v) is 6.65. The van der Waals surface area contributed by atoms with Crippen LogP contribution in [0.15, 0.2) is 0 Å². The summed E-state index contributed by atoms with van der Waals surface area (Å²) in [6.45, 7) is 6.58. The molecule has 0 bridgehead atoms. The van der Waals surface area contributed by atoms with Gasteiger partial charge in [-0.2, -0.15) is 0 Å². The van der Waals surface area contributed by atoms with Crippen molar-refractivity contribution in [3.8, 4) is 0 Å². The van der Waals surface area contributed by atoms with Gasteiger partial charge in [-0.25, -0.2) is 9.59 Å². The van der Waals surface area contributed by atoms with Crippen molar-refractivity contribution in [1.29, 1.82) is 0 Å². The lowest BCUT2D eigenvalue weighted by Gasteiger charge is -2.34. The maximum Gasteiger partial charge on any atom is 0.329 e. The Balaban J connectivity index is 2.07. The highest BCUT2D eigenvalue weighted by atomic mass is 16.4. The molecule has 1 aliphatic carbocycles. The zero-order valence-electron chi connectivity index (χ0n) is 11.3. The molecule has 2 unspecified atom stereocenters. The average molecular weight is 254 g/mol. The Morgan fingerprint density at radius 1 is 1.44 bits per heavy atom. The predicted octanol–water partition coefficient (Wildman–Crippen LogP) is 1.82. The van der Waals surface area contributed by atoms with Gasteiger partial charge in [0.15, 0.2) is 0 Å². The molecule has 2 N–H and O–H groups in total. The summed E-state index contributed by atoms with van der Waals surface area (Å²) in [6, 6.07) is -0.0266. The van der Waals surface area contributed by atoms with E-state index < -0.39 is 11.5 Å². The molecule has 2 fully saturated rings. The number of nitrogens with zero attached hydrogens (tertiary/aromatic N) is 1. The Morgan fingerprint density at radius 2 is 2.06 bits per heavy atom. The van der Waals surface area contributed by atoms with Gasteiger partial charge in [0.1, 0.15) is 5.54 Å². The molecule has 18 heavy (non-hydrogen) atoms. The van der Waals surface area contributed by atoms with Crippen molar-refractivity contribution in [1.82, 2.24) is 10.2 Å². The smallest absolute Gasteiger partial charge is 0.329 e. The van der Waals surface area contributed by atoms with Crippen molar-refractivity contribution in [3.05, 3.63) is 0 Å². The first-order valence-electron chi connectivity index (χ1n) is 6.65. The van der Waals surface area contributed by atoms with E-state index in [-0.39, 0.29) is 17.5 Å². The van der Waals surface area contributed by atoms with Crippen LogP contribution in [0.1, 0.15) is 46.5 Å². The van der Waals surface area contributed by atoms with E-state index >= 15 is 0 Å². The summed E-state index contributed by atoms with van der Waals surface area (Å²) >= 11 is 0. The van der Waals surface area contributed by atoms with Crippen LogP contribution < -0.4 is 5.32 Å². The monoisotopic (exact) mass is 254 g/mol. The van der Waals surface area contributed by atoms with E-state index in [0.717, 1.165) is 12.8 Å². The van der Waals surface area contributed by atoms with E-state index in [4.69, 9.17) is 0 Å². The second kappa shape index (κ2) is 4.14. The summed E-state index contributed by atoms with van der Waals surface area (Å²) in [4.78, 5) is 25.2. The van der Waals surface area contributed by atoms with Crippen LogP contribution in [0, 0.1) is 5.41 Å². The van der Waals surface area contributed by atoms with Gasteiger partial charge in [0, 0.05) is 12.6 Å². The second-order valence-electron chi connectivity index (χ2n) is 6.14. The molecule has 0 spiro atoms. The molecule has 0 radical (unpaired) electrons. The van der Waals surface area contributed by atoms with E-state index in [1.807, 2.05) is 6.92 Å². The molecule has 0 aromatic rings. The topological polar surface area (TPSA) is 69.6 Å². The molecule has 1 heterocycles. The number of carbonyl (C=O) groups is 2. The highest BCUT2D eigenvalue weighted by Crippen LogP contribution is 2.45. The number of amides is 2. The van der Waals surface area contributed by atoms with Gasteiger partial charge in [-0.1, -0.05) is 20.8 Å². The zero-order chi connectivity index (χ0) is 13.6. The molecular formula is C13H22N2O3. The summed E-state index contributed by atoms with van der Waals surface area (Å²) in [7, 11) is 0. The summed E-state index contributed by atoms with van der Waals surface area (Å²) in [5.74, 6) is -0.882. The van der Waals surface area contributed by atoms with Gasteiger partial charge in [-0.3, -0.25) is 0 Å². The van der Waals surface area contributed by atoms with Crippen LogP contribution in [0.2, 0.25) is 0 Å². The Kier molecular flexibility index (Phi) is 3.03. The van der Waals surface area contributed by atoms with E-state index in [9.17, 15) is 14.7 Å². The number of aliphatic carboxylic acids is 1. The van der Waals surface area contributed by atoms with Crippen LogP contribution in [-0.2, 0) is 4.79 Å². The van der Waals surface area contributed by atoms with E-state index in [0.29, 0.717) is 19.4 Å². The molecule has 0 aromatic heterocycles. The minimum absolute atomic E-state index is 0.160. The maximum atomic E-state index is 12.2. The third-order valence-electron chi connectivity index (χ3n) is 4.53. The van der Waals surface area contributed by atoms with Crippen LogP contribution in [0.25, 0.3) is 0 Å². The maximum absolute atomic E-state index is 12.2. The summed E-state index contributed by atoms with van der Waals surface area (Å²) in [5, 5.41) is 12.4. The fourth-order valence-electron chi connectivity index (χ4n) is 2.86. The lowest BCUT2D eigenvalue weighted by Crippen LogP contribution is -2.56. The third kappa shape index (κ3) is 1.95. The molecule has 2 rings (SSSR count). The number of hydrogen-bond donors (Lipinski definition) is 2. The number of carboxylic acids is 1. The first-order chi connectivity index (χ1) is 8.33. The van der Waals surface area contributed by atoms with Crippen molar-refractivity contribution in [2.45, 2.75) is 58.0 Å². The van der Waals surface area contributed by atoms with Crippen LogP contribution in [0.5, 0.6) is 0 Å². The highest BCUT2D eigenvalue weighted by molar-refractivity contribution is 5.87. The second-order valence-corrected chi connectivity index (χ2v) is 6.14. The molecule has 5 heteroatoms. The average Bonchev–Trinajstić information content (AvgIpc) is 2.76. The SMILES string of the molecule is CCC1(C(=O)O)CCCN1C(=O)NC1CC1(C)C. The molecule has 2 aliphatic rings. The van der Waals surface area contributed by atoms with Gasteiger partial charge in [0.25, 0.3) is 0 Å². The fourth-order valence-corrected chi connectivity index (χ4v) is 2.86. The lowest BCUT2D eigenvalue weighted by atomic mass is 9.93. The lowest BCUT2D eigenvalue weighted by molar-refractivity contribution is -0.148. The van der Waals surface area contributed by atoms with Crippen molar-refractivity contribution in [3.63, 3.8) is 0 Å². The van der Waals surface area contributed by atoms with Crippen LogP contribution >= 0.6 is 0 Å². The van der Waals surface area contributed by atoms with Crippen molar-refractivity contribution < 1.29 is 14.7 Å². The number of likely N-dealkylation sites (tertiary alicyclic amines) is 1. The quantitative estimate of drug-likeness (QED) is 0.807. The number of rotatable bonds is 3. The number of nitrogens with one attached hydrogen (secondary N) is 1. The number of urea groups is 1. The normalized spacial score (nSPS) is 33.3. The Bertz CT molecular complexity index is 380. The highest BCUT2D eigenvalue weighted by Gasteiger charge is 2.52. The van der Waals surface area contributed by atoms with Gasteiger partial charge in [0.05, 0.1) is 0 Å². The standard InChI is InChI=1S/C13H22N2O3/c1-4-13(10(16)17)6-5-7-15(13)11(18)14-9-8-12(9,2)3/h9H,4-8H2,1-3H3,(H,14,18)(H,16,17). The Labute approximate surface area is 108 Å². The molecule has 2 atom stereocenters. The first kappa shape index (κ1) is 13.2.